The largest absolute Gasteiger partial charge is 0.477 e. The van der Waals surface area contributed by atoms with Crippen LogP contribution in [0, 0.1) is 17.0 Å². The van der Waals surface area contributed by atoms with Crippen molar-refractivity contribution in [1.29, 1.82) is 0 Å². The molecule has 8 nitrogen and oxygen atoms in total. The van der Waals surface area contributed by atoms with Crippen LogP contribution in [-0.4, -0.2) is 55.1 Å². The third kappa shape index (κ3) is 5.23. The molecule has 0 radical (unpaired) electrons. The van der Waals surface area contributed by atoms with Crippen molar-refractivity contribution in [3.05, 3.63) is 58.1 Å². The Hall–Kier alpha value is -3.13. The molecule has 1 amide bonds. The Morgan fingerprint density at radius 3 is 2.55 bits per heavy atom. The lowest BCUT2D eigenvalue weighted by Gasteiger charge is -2.35. The summed E-state index contributed by atoms with van der Waals surface area (Å²) < 4.78 is 5.35. The average Bonchev–Trinajstić information content (AvgIpc) is 2.74. The summed E-state index contributed by atoms with van der Waals surface area (Å²) in [4.78, 5) is 27.5. The van der Waals surface area contributed by atoms with Gasteiger partial charge in [0.05, 0.1) is 4.92 Å². The predicted molar refractivity (Wildman–Crippen MR) is 113 cm³/mol. The van der Waals surface area contributed by atoms with Crippen molar-refractivity contribution in [2.75, 3.05) is 49.5 Å². The van der Waals surface area contributed by atoms with Crippen LogP contribution in [0.3, 0.4) is 0 Å². The number of carbonyl (C=O) groups is 1. The van der Waals surface area contributed by atoms with Crippen LogP contribution in [0.1, 0.15) is 12.5 Å². The summed E-state index contributed by atoms with van der Waals surface area (Å²) in [5.41, 5.74) is 2.65. The topological polar surface area (TPSA) is 88.0 Å². The minimum atomic E-state index is -0.531. The predicted octanol–water partition coefficient (Wildman–Crippen LogP) is 3.06. The maximum absolute atomic E-state index is 12.3. The molecule has 29 heavy (non-hydrogen) atoms. The first kappa shape index (κ1) is 20.6. The van der Waals surface area contributed by atoms with E-state index in [-0.39, 0.29) is 24.0 Å². The maximum atomic E-state index is 12.3. The second-order valence-electron chi connectivity index (χ2n) is 6.98. The van der Waals surface area contributed by atoms with Gasteiger partial charge in [-0.2, -0.15) is 0 Å². The molecule has 3 rings (SSSR count). The highest BCUT2D eigenvalue weighted by molar-refractivity contribution is 5.93. The number of para-hydroxylation sites is 2. The van der Waals surface area contributed by atoms with E-state index in [4.69, 9.17) is 4.74 Å². The van der Waals surface area contributed by atoms with Crippen molar-refractivity contribution in [2.45, 2.75) is 13.8 Å². The number of hydrogen-bond acceptors (Lipinski definition) is 6. The Bertz CT molecular complexity index is 879. The van der Waals surface area contributed by atoms with Crippen LogP contribution in [0.5, 0.6) is 5.75 Å². The van der Waals surface area contributed by atoms with Gasteiger partial charge in [0.2, 0.25) is 0 Å². The normalized spacial score (nSPS) is 14.5. The Labute approximate surface area is 170 Å². The van der Waals surface area contributed by atoms with Gasteiger partial charge in [-0.3, -0.25) is 14.9 Å². The van der Waals surface area contributed by atoms with Gasteiger partial charge in [-0.05, 0) is 43.3 Å². The molecule has 2 aromatic rings. The Morgan fingerprint density at radius 1 is 1.17 bits per heavy atom. The molecule has 0 aliphatic carbocycles. The molecular weight excluding hydrogens is 372 g/mol. The number of nitrogens with one attached hydrogen (secondary N) is 1. The highest BCUT2D eigenvalue weighted by Crippen LogP contribution is 2.26. The molecule has 0 spiro atoms. The lowest BCUT2D eigenvalue weighted by Crippen LogP contribution is -2.46. The van der Waals surface area contributed by atoms with Gasteiger partial charge in [0.1, 0.15) is 0 Å². The molecular formula is C21H26N4O4. The number of nitrogens with zero attached hydrogens (tertiary/aromatic N) is 3. The van der Waals surface area contributed by atoms with E-state index in [1.165, 1.54) is 12.1 Å². The number of likely N-dealkylation sites (N-methyl/N-ethyl adjacent to an activating group) is 1. The minimum Gasteiger partial charge on any atom is -0.477 e. The van der Waals surface area contributed by atoms with Crippen molar-refractivity contribution in [2.24, 2.45) is 0 Å². The number of amides is 1. The van der Waals surface area contributed by atoms with Gasteiger partial charge >= 0.3 is 5.69 Å². The molecule has 1 saturated heterocycles. The summed E-state index contributed by atoms with van der Waals surface area (Å²) in [5.74, 6) is -0.290. The van der Waals surface area contributed by atoms with Gasteiger partial charge in [0.15, 0.2) is 12.4 Å². The van der Waals surface area contributed by atoms with E-state index in [1.54, 1.807) is 12.1 Å². The van der Waals surface area contributed by atoms with Crippen LogP contribution in [0.15, 0.2) is 42.5 Å². The molecule has 154 valence electrons. The molecule has 1 N–H and O–H groups in total. The molecule has 1 aliphatic rings. The van der Waals surface area contributed by atoms with Crippen molar-refractivity contribution in [1.82, 2.24) is 4.90 Å². The number of carbonyl (C=O) groups excluding carboxylic acids is 1. The summed E-state index contributed by atoms with van der Waals surface area (Å²) in [7, 11) is 0. The van der Waals surface area contributed by atoms with Gasteiger partial charge in [-0.15, -0.1) is 0 Å². The van der Waals surface area contributed by atoms with Gasteiger partial charge in [0, 0.05) is 43.6 Å². The van der Waals surface area contributed by atoms with Crippen LogP contribution in [0.2, 0.25) is 0 Å². The first-order chi connectivity index (χ1) is 14.0. The van der Waals surface area contributed by atoms with Crippen LogP contribution in [0.4, 0.5) is 17.1 Å². The zero-order chi connectivity index (χ0) is 20.8. The van der Waals surface area contributed by atoms with Crippen molar-refractivity contribution < 1.29 is 14.5 Å². The van der Waals surface area contributed by atoms with E-state index in [2.05, 4.69) is 28.1 Å². The van der Waals surface area contributed by atoms with Gasteiger partial charge < -0.3 is 19.9 Å². The van der Waals surface area contributed by atoms with Crippen LogP contribution in [0.25, 0.3) is 0 Å². The van der Waals surface area contributed by atoms with Crippen molar-refractivity contribution >= 4 is 23.0 Å². The molecule has 0 saturated carbocycles. The maximum Gasteiger partial charge on any atom is 0.310 e. The van der Waals surface area contributed by atoms with Crippen LogP contribution < -0.4 is 15.0 Å². The summed E-state index contributed by atoms with van der Waals surface area (Å²) in [6, 6.07) is 12.0. The number of piperazine rings is 1. The number of rotatable bonds is 7. The van der Waals surface area contributed by atoms with E-state index in [0.29, 0.717) is 5.69 Å². The van der Waals surface area contributed by atoms with E-state index in [9.17, 15) is 14.9 Å². The van der Waals surface area contributed by atoms with E-state index in [0.717, 1.165) is 44.0 Å². The summed E-state index contributed by atoms with van der Waals surface area (Å²) in [6.07, 6.45) is 0. The van der Waals surface area contributed by atoms with Crippen LogP contribution in [-0.2, 0) is 4.79 Å². The van der Waals surface area contributed by atoms with E-state index >= 15 is 0 Å². The molecule has 0 unspecified atom stereocenters. The Morgan fingerprint density at radius 2 is 1.90 bits per heavy atom. The molecule has 0 bridgehead atoms. The molecule has 1 heterocycles. The standard InChI is InChI=1S/C21H26N4O4/c1-3-23-10-12-24(13-11-23)17-8-9-18(16(2)14-17)22-21(26)15-29-20-7-5-4-6-19(20)25(27)28/h4-9,14H,3,10-13,15H2,1-2H3,(H,22,26). The van der Waals surface area contributed by atoms with Gasteiger partial charge in [-0.1, -0.05) is 19.1 Å². The number of anilines is 2. The second-order valence-corrected chi connectivity index (χ2v) is 6.98. The smallest absolute Gasteiger partial charge is 0.310 e. The number of nitro groups is 1. The number of ether oxygens (including phenoxy) is 1. The third-order valence-corrected chi connectivity index (χ3v) is 5.09. The fourth-order valence-corrected chi connectivity index (χ4v) is 3.37. The van der Waals surface area contributed by atoms with E-state index in [1.807, 2.05) is 19.1 Å². The fourth-order valence-electron chi connectivity index (χ4n) is 3.37. The van der Waals surface area contributed by atoms with Gasteiger partial charge in [0.25, 0.3) is 5.91 Å². The van der Waals surface area contributed by atoms with Crippen molar-refractivity contribution in [3.63, 3.8) is 0 Å². The SMILES string of the molecule is CCN1CCN(c2ccc(NC(=O)COc3ccccc3[N+](=O)[O-])c(C)c2)CC1. The zero-order valence-corrected chi connectivity index (χ0v) is 16.8. The molecule has 2 aromatic carbocycles. The third-order valence-electron chi connectivity index (χ3n) is 5.09. The first-order valence-corrected chi connectivity index (χ1v) is 9.72. The second kappa shape index (κ2) is 9.38. The molecule has 1 aliphatic heterocycles. The first-order valence-electron chi connectivity index (χ1n) is 9.72. The summed E-state index contributed by atoms with van der Waals surface area (Å²) in [5, 5.41) is 13.8. The fraction of sp³-hybridized carbons (Fsp3) is 0.381. The quantitative estimate of drug-likeness (QED) is 0.570. The molecule has 8 heteroatoms. The zero-order valence-electron chi connectivity index (χ0n) is 16.8. The number of hydrogen-bond donors (Lipinski definition) is 1. The molecule has 0 atom stereocenters. The Kier molecular flexibility index (Phi) is 6.66. The number of benzene rings is 2. The molecule has 1 fully saturated rings. The van der Waals surface area contributed by atoms with E-state index < -0.39 is 4.92 Å². The Balaban J connectivity index is 1.58. The highest BCUT2D eigenvalue weighted by atomic mass is 16.6. The average molecular weight is 398 g/mol. The summed E-state index contributed by atoms with van der Waals surface area (Å²) in [6.45, 7) is 8.98. The molecule has 0 aromatic heterocycles. The summed E-state index contributed by atoms with van der Waals surface area (Å²) >= 11 is 0. The van der Waals surface area contributed by atoms with Crippen LogP contribution >= 0.6 is 0 Å². The van der Waals surface area contributed by atoms with Gasteiger partial charge in [-0.25, -0.2) is 0 Å². The number of nitro benzene ring substituents is 1. The highest BCUT2D eigenvalue weighted by Gasteiger charge is 2.17. The lowest BCUT2D eigenvalue weighted by molar-refractivity contribution is -0.385. The van der Waals surface area contributed by atoms with Crippen molar-refractivity contribution in [3.8, 4) is 5.75 Å². The number of aryl methyl sites for hydroxylation is 1. The monoisotopic (exact) mass is 398 g/mol. The minimum absolute atomic E-state index is 0.0749. The lowest BCUT2D eigenvalue weighted by atomic mass is 10.1.